The van der Waals surface area contributed by atoms with E-state index in [1.165, 1.54) is 23.5 Å². The molecule has 2 amide bonds. The molecule has 0 aliphatic rings. The quantitative estimate of drug-likeness (QED) is 0.566. The Bertz CT molecular complexity index is 820. The number of hydrogen-bond donors (Lipinski definition) is 1. The van der Waals surface area contributed by atoms with Gasteiger partial charge in [-0.25, -0.2) is 13.8 Å². The van der Waals surface area contributed by atoms with E-state index in [0.29, 0.717) is 23.5 Å². The van der Waals surface area contributed by atoms with Crippen molar-refractivity contribution in [2.75, 3.05) is 18.4 Å². The van der Waals surface area contributed by atoms with Crippen molar-refractivity contribution >= 4 is 28.3 Å². The number of nitrogens with zero attached hydrogens (tertiary/aromatic N) is 2. The summed E-state index contributed by atoms with van der Waals surface area (Å²) < 4.78 is 26.7. The second-order valence-electron chi connectivity index (χ2n) is 6.83. The maximum absolute atomic E-state index is 13.8. The number of benzene rings is 1. The van der Waals surface area contributed by atoms with Gasteiger partial charge in [0.2, 0.25) is 11.8 Å². The normalized spacial score (nSPS) is 10.8. The summed E-state index contributed by atoms with van der Waals surface area (Å²) >= 11 is 1.25. The topological polar surface area (TPSA) is 62.3 Å². The molecule has 1 aromatic heterocycles. The molecule has 1 heterocycles. The monoisotopic (exact) mass is 423 g/mol. The fourth-order valence-corrected chi connectivity index (χ4v) is 3.79. The summed E-state index contributed by atoms with van der Waals surface area (Å²) in [5.41, 5.74) is 0.371. The van der Waals surface area contributed by atoms with E-state index in [4.69, 9.17) is 0 Å². The number of anilines is 1. The van der Waals surface area contributed by atoms with Crippen LogP contribution in [-0.2, 0) is 16.0 Å². The lowest BCUT2D eigenvalue weighted by Crippen LogP contribution is -2.32. The number of rotatable bonds is 11. The summed E-state index contributed by atoms with van der Waals surface area (Å²) in [6.45, 7) is 5.57. The predicted molar refractivity (Wildman–Crippen MR) is 111 cm³/mol. The molecule has 0 bridgehead atoms. The Kier molecular flexibility index (Phi) is 9.18. The molecule has 29 heavy (non-hydrogen) atoms. The fourth-order valence-electron chi connectivity index (χ4n) is 2.94. The Hall–Kier alpha value is -2.35. The molecule has 1 aromatic carbocycles. The molecule has 2 aromatic rings. The minimum Gasteiger partial charge on any atom is -0.343 e. The van der Waals surface area contributed by atoms with Crippen molar-refractivity contribution in [2.24, 2.45) is 0 Å². The Balaban J connectivity index is 1.79. The van der Waals surface area contributed by atoms with Crippen LogP contribution in [0.25, 0.3) is 0 Å². The van der Waals surface area contributed by atoms with Crippen LogP contribution in [0.4, 0.5) is 13.9 Å². The van der Waals surface area contributed by atoms with Crippen LogP contribution in [0.3, 0.4) is 0 Å². The van der Waals surface area contributed by atoms with Gasteiger partial charge in [-0.3, -0.25) is 9.59 Å². The molecule has 2 rings (SSSR count). The molecular formula is C21H27F2N3O2S. The summed E-state index contributed by atoms with van der Waals surface area (Å²) in [5.74, 6) is -1.34. The van der Waals surface area contributed by atoms with E-state index in [1.807, 2.05) is 18.7 Å². The van der Waals surface area contributed by atoms with Crippen molar-refractivity contribution in [3.63, 3.8) is 0 Å². The average molecular weight is 424 g/mol. The Morgan fingerprint density at radius 3 is 2.52 bits per heavy atom. The Morgan fingerprint density at radius 2 is 1.86 bits per heavy atom. The van der Waals surface area contributed by atoms with Crippen LogP contribution >= 0.6 is 11.3 Å². The molecule has 0 fully saturated rings. The van der Waals surface area contributed by atoms with Gasteiger partial charge in [0, 0.05) is 49.5 Å². The van der Waals surface area contributed by atoms with E-state index in [1.54, 1.807) is 6.20 Å². The van der Waals surface area contributed by atoms with Crippen LogP contribution in [0.1, 0.15) is 56.4 Å². The maximum atomic E-state index is 13.8. The first-order valence-corrected chi connectivity index (χ1v) is 10.7. The first-order chi connectivity index (χ1) is 13.9. The van der Waals surface area contributed by atoms with Crippen molar-refractivity contribution in [1.82, 2.24) is 9.88 Å². The number of carbonyl (C=O) groups is 2. The van der Waals surface area contributed by atoms with Gasteiger partial charge in [0.05, 0.1) is 0 Å². The Morgan fingerprint density at radius 1 is 1.14 bits per heavy atom. The molecule has 5 nitrogen and oxygen atoms in total. The third-order valence-corrected chi connectivity index (χ3v) is 5.23. The summed E-state index contributed by atoms with van der Waals surface area (Å²) in [6, 6.07) is 3.47. The number of nitrogens with one attached hydrogen (secondary N) is 1. The third-order valence-electron chi connectivity index (χ3n) is 4.31. The highest BCUT2D eigenvalue weighted by atomic mass is 32.1. The van der Waals surface area contributed by atoms with Crippen LogP contribution in [-0.4, -0.2) is 34.8 Å². The molecule has 8 heteroatoms. The zero-order valence-electron chi connectivity index (χ0n) is 16.8. The maximum Gasteiger partial charge on any atom is 0.226 e. The number of amides is 2. The highest BCUT2D eigenvalue weighted by Gasteiger charge is 2.13. The zero-order valence-corrected chi connectivity index (χ0v) is 17.7. The van der Waals surface area contributed by atoms with Gasteiger partial charge in [-0.1, -0.05) is 19.9 Å². The van der Waals surface area contributed by atoms with Crippen LogP contribution in [0, 0.1) is 11.6 Å². The minimum atomic E-state index is -0.616. The SMILES string of the molecule is CCCN(CCC)C(=O)CCCC(=O)Nc1ncc(Cc2ccc(F)cc2F)s1. The van der Waals surface area contributed by atoms with E-state index >= 15 is 0 Å². The molecule has 158 valence electrons. The second kappa shape index (κ2) is 11.6. The zero-order chi connectivity index (χ0) is 21.2. The number of aromatic nitrogens is 1. The van der Waals surface area contributed by atoms with E-state index in [0.717, 1.165) is 36.9 Å². The molecule has 0 aliphatic carbocycles. The smallest absolute Gasteiger partial charge is 0.226 e. The van der Waals surface area contributed by atoms with Gasteiger partial charge < -0.3 is 10.2 Å². The number of thiazole rings is 1. The standard InChI is InChI=1S/C21H27F2N3O2S/c1-3-10-26(11-4-2)20(28)7-5-6-19(27)25-21-24-14-17(29-21)12-15-8-9-16(22)13-18(15)23/h8-9,13-14H,3-7,10-12H2,1-2H3,(H,24,25,27). The highest BCUT2D eigenvalue weighted by molar-refractivity contribution is 7.15. The summed E-state index contributed by atoms with van der Waals surface area (Å²) in [5, 5.41) is 3.14. The van der Waals surface area contributed by atoms with E-state index in [2.05, 4.69) is 10.3 Å². The van der Waals surface area contributed by atoms with Crippen LogP contribution in [0.5, 0.6) is 0 Å². The lowest BCUT2D eigenvalue weighted by atomic mass is 10.1. The molecule has 0 saturated heterocycles. The molecule has 0 saturated carbocycles. The molecule has 0 atom stereocenters. The summed E-state index contributed by atoms with van der Waals surface area (Å²) in [6.07, 6.45) is 4.74. The van der Waals surface area contributed by atoms with Gasteiger partial charge in [0.1, 0.15) is 11.6 Å². The molecular weight excluding hydrogens is 396 g/mol. The van der Waals surface area contributed by atoms with Gasteiger partial charge in [0.15, 0.2) is 5.13 Å². The first kappa shape index (κ1) is 22.9. The van der Waals surface area contributed by atoms with Crippen LogP contribution in [0.2, 0.25) is 0 Å². The number of hydrogen-bond acceptors (Lipinski definition) is 4. The highest BCUT2D eigenvalue weighted by Crippen LogP contribution is 2.23. The fraction of sp³-hybridized carbons (Fsp3) is 0.476. The van der Waals surface area contributed by atoms with Crippen molar-refractivity contribution < 1.29 is 18.4 Å². The van der Waals surface area contributed by atoms with Crippen LogP contribution < -0.4 is 5.32 Å². The molecule has 0 spiro atoms. The minimum absolute atomic E-state index is 0.0827. The van der Waals surface area contributed by atoms with Gasteiger partial charge in [-0.2, -0.15) is 0 Å². The van der Waals surface area contributed by atoms with E-state index < -0.39 is 11.6 Å². The Labute approximate surface area is 174 Å². The van der Waals surface area contributed by atoms with Gasteiger partial charge in [0.25, 0.3) is 0 Å². The average Bonchev–Trinajstić information content (AvgIpc) is 3.10. The molecule has 0 aliphatic heterocycles. The molecule has 0 unspecified atom stereocenters. The number of halogens is 2. The molecule has 0 radical (unpaired) electrons. The first-order valence-electron chi connectivity index (χ1n) is 9.89. The third kappa shape index (κ3) is 7.53. The lowest BCUT2D eigenvalue weighted by molar-refractivity contribution is -0.131. The largest absolute Gasteiger partial charge is 0.343 e. The van der Waals surface area contributed by atoms with Crippen molar-refractivity contribution in [2.45, 2.75) is 52.4 Å². The second-order valence-corrected chi connectivity index (χ2v) is 7.94. The van der Waals surface area contributed by atoms with Crippen LogP contribution in [0.15, 0.2) is 24.4 Å². The summed E-state index contributed by atoms with van der Waals surface area (Å²) in [7, 11) is 0. The van der Waals surface area contributed by atoms with Crippen molar-refractivity contribution in [1.29, 1.82) is 0 Å². The number of carbonyl (C=O) groups excluding carboxylic acids is 2. The van der Waals surface area contributed by atoms with E-state index in [9.17, 15) is 18.4 Å². The van der Waals surface area contributed by atoms with Gasteiger partial charge >= 0.3 is 0 Å². The summed E-state index contributed by atoms with van der Waals surface area (Å²) in [4.78, 5) is 31.1. The molecule has 1 N–H and O–H groups in total. The predicted octanol–water partition coefficient (Wildman–Crippen LogP) is 4.77. The van der Waals surface area contributed by atoms with Gasteiger partial charge in [-0.15, -0.1) is 11.3 Å². The van der Waals surface area contributed by atoms with E-state index in [-0.39, 0.29) is 24.7 Å². The van der Waals surface area contributed by atoms with Crippen molar-refractivity contribution in [3.05, 3.63) is 46.5 Å². The lowest BCUT2D eigenvalue weighted by Gasteiger charge is -2.21. The van der Waals surface area contributed by atoms with Crippen molar-refractivity contribution in [3.8, 4) is 0 Å². The van der Waals surface area contributed by atoms with Gasteiger partial charge in [-0.05, 0) is 30.9 Å².